The van der Waals surface area contributed by atoms with Crippen LogP contribution in [-0.2, 0) is 0 Å². The molecule has 0 atom stereocenters. The minimum atomic E-state index is 0.833. The predicted molar refractivity (Wildman–Crippen MR) is 86.1 cm³/mol. The van der Waals surface area contributed by atoms with Crippen LogP contribution >= 0.6 is 31.9 Å². The number of halogens is 2. The van der Waals surface area contributed by atoms with E-state index < -0.39 is 0 Å². The van der Waals surface area contributed by atoms with E-state index in [1.807, 2.05) is 42.5 Å². The van der Waals surface area contributed by atoms with Gasteiger partial charge in [-0.25, -0.2) is 4.98 Å². The maximum Gasteiger partial charge on any atom is 0.0894 e. The van der Waals surface area contributed by atoms with Crippen LogP contribution in [0.4, 0.5) is 0 Å². The molecule has 0 N–H and O–H groups in total. The van der Waals surface area contributed by atoms with Crippen molar-refractivity contribution in [1.29, 1.82) is 0 Å². The molecule has 3 aromatic heterocycles. The van der Waals surface area contributed by atoms with Gasteiger partial charge in [0.05, 0.1) is 22.8 Å². The summed E-state index contributed by atoms with van der Waals surface area (Å²) in [5.41, 5.74) is 3.35. The van der Waals surface area contributed by atoms with Gasteiger partial charge in [0.2, 0.25) is 0 Å². The van der Waals surface area contributed by atoms with Crippen molar-refractivity contribution in [2.24, 2.45) is 0 Å². The van der Waals surface area contributed by atoms with Gasteiger partial charge in [-0.05, 0) is 68.3 Å². The van der Waals surface area contributed by atoms with E-state index in [0.717, 1.165) is 31.7 Å². The topological polar surface area (TPSA) is 38.7 Å². The zero-order valence-corrected chi connectivity index (χ0v) is 13.5. The molecule has 0 amide bonds. The molecule has 0 aliphatic carbocycles. The molecule has 3 heterocycles. The summed E-state index contributed by atoms with van der Waals surface area (Å²) in [5, 5.41) is 0. The lowest BCUT2D eigenvalue weighted by Gasteiger charge is -2.04. The zero-order valence-electron chi connectivity index (χ0n) is 10.3. The Morgan fingerprint density at radius 2 is 1.10 bits per heavy atom. The second-order valence-electron chi connectivity index (χ2n) is 4.13. The third-order valence-corrected chi connectivity index (χ3v) is 3.67. The first-order valence-electron chi connectivity index (χ1n) is 5.93. The van der Waals surface area contributed by atoms with Gasteiger partial charge in [-0.15, -0.1) is 0 Å². The van der Waals surface area contributed by atoms with Gasteiger partial charge in [-0.3, -0.25) is 9.97 Å². The van der Waals surface area contributed by atoms with Gasteiger partial charge in [0, 0.05) is 21.3 Å². The van der Waals surface area contributed by atoms with Gasteiger partial charge >= 0.3 is 0 Å². The molecule has 0 unspecified atom stereocenters. The highest BCUT2D eigenvalue weighted by Crippen LogP contribution is 2.22. The van der Waals surface area contributed by atoms with Gasteiger partial charge in [0.25, 0.3) is 0 Å². The fourth-order valence-corrected chi connectivity index (χ4v) is 2.24. The van der Waals surface area contributed by atoms with Gasteiger partial charge < -0.3 is 0 Å². The summed E-state index contributed by atoms with van der Waals surface area (Å²) in [6, 6.07) is 13.6. The number of rotatable bonds is 2. The van der Waals surface area contributed by atoms with Gasteiger partial charge in [0.15, 0.2) is 0 Å². The summed E-state index contributed by atoms with van der Waals surface area (Å²) in [4.78, 5) is 13.3. The van der Waals surface area contributed by atoms with Crippen molar-refractivity contribution < 1.29 is 0 Å². The van der Waals surface area contributed by atoms with E-state index in [1.54, 1.807) is 12.4 Å². The molecule has 0 saturated heterocycles. The molecule has 3 rings (SSSR count). The van der Waals surface area contributed by atoms with Gasteiger partial charge in [0.1, 0.15) is 0 Å². The highest BCUT2D eigenvalue weighted by molar-refractivity contribution is 9.10. The molecule has 3 aromatic rings. The van der Waals surface area contributed by atoms with Crippen molar-refractivity contribution in [1.82, 2.24) is 15.0 Å². The smallest absolute Gasteiger partial charge is 0.0894 e. The van der Waals surface area contributed by atoms with Crippen LogP contribution in [0.2, 0.25) is 0 Å². The van der Waals surface area contributed by atoms with Gasteiger partial charge in [-0.1, -0.05) is 6.07 Å². The highest BCUT2D eigenvalue weighted by Gasteiger charge is 2.05. The molecule has 0 aromatic carbocycles. The SMILES string of the molecule is Brc1ccc(-c2cccc(-c3ccc(Br)cn3)n2)nc1. The lowest BCUT2D eigenvalue weighted by molar-refractivity contribution is 1.21. The van der Waals surface area contributed by atoms with Crippen LogP contribution in [-0.4, -0.2) is 15.0 Å². The second kappa shape index (κ2) is 5.81. The molecular formula is C15H9Br2N3. The quantitative estimate of drug-likeness (QED) is 0.634. The molecule has 3 nitrogen and oxygen atoms in total. The molecule has 0 aliphatic rings. The van der Waals surface area contributed by atoms with E-state index in [-0.39, 0.29) is 0 Å². The number of nitrogens with zero attached hydrogens (tertiary/aromatic N) is 3. The molecule has 0 aliphatic heterocycles. The Kier molecular flexibility index (Phi) is 3.89. The fraction of sp³-hybridized carbons (Fsp3) is 0. The maximum atomic E-state index is 4.62. The standard InChI is InChI=1S/C15H9Br2N3/c16-10-4-6-12(18-8-10)14-2-1-3-15(20-14)13-7-5-11(17)9-19-13/h1-9H. The van der Waals surface area contributed by atoms with Crippen LogP contribution in [0.5, 0.6) is 0 Å². The van der Waals surface area contributed by atoms with Crippen molar-refractivity contribution in [3.8, 4) is 22.8 Å². The third-order valence-electron chi connectivity index (χ3n) is 2.73. The summed E-state index contributed by atoms with van der Waals surface area (Å²) >= 11 is 6.76. The highest BCUT2D eigenvalue weighted by atomic mass is 79.9. The summed E-state index contributed by atoms with van der Waals surface area (Å²) in [5.74, 6) is 0. The summed E-state index contributed by atoms with van der Waals surface area (Å²) < 4.78 is 1.90. The minimum absolute atomic E-state index is 0.833. The van der Waals surface area contributed by atoms with Crippen molar-refractivity contribution in [2.75, 3.05) is 0 Å². The van der Waals surface area contributed by atoms with E-state index in [2.05, 4.69) is 46.8 Å². The maximum absolute atomic E-state index is 4.62. The Morgan fingerprint density at radius 3 is 1.50 bits per heavy atom. The largest absolute Gasteiger partial charge is 0.253 e. The monoisotopic (exact) mass is 389 g/mol. The van der Waals surface area contributed by atoms with E-state index in [4.69, 9.17) is 0 Å². The van der Waals surface area contributed by atoms with E-state index in [1.165, 1.54) is 0 Å². The fourth-order valence-electron chi connectivity index (χ4n) is 1.77. The number of aromatic nitrogens is 3. The second-order valence-corrected chi connectivity index (χ2v) is 5.96. The van der Waals surface area contributed by atoms with Crippen LogP contribution < -0.4 is 0 Å². The van der Waals surface area contributed by atoms with Crippen LogP contribution in [0.1, 0.15) is 0 Å². The van der Waals surface area contributed by atoms with Gasteiger partial charge in [-0.2, -0.15) is 0 Å². The minimum Gasteiger partial charge on any atom is -0.253 e. The summed E-state index contributed by atoms with van der Waals surface area (Å²) in [6.45, 7) is 0. The first-order chi connectivity index (χ1) is 9.72. The van der Waals surface area contributed by atoms with Crippen molar-refractivity contribution >= 4 is 31.9 Å². The summed E-state index contributed by atoms with van der Waals surface area (Å²) in [6.07, 6.45) is 3.53. The van der Waals surface area contributed by atoms with E-state index in [9.17, 15) is 0 Å². The molecule has 20 heavy (non-hydrogen) atoms. The molecule has 0 bridgehead atoms. The summed E-state index contributed by atoms with van der Waals surface area (Å²) in [7, 11) is 0. The third kappa shape index (κ3) is 2.94. The first kappa shape index (κ1) is 13.4. The van der Waals surface area contributed by atoms with Crippen LogP contribution in [0, 0.1) is 0 Å². The average molecular weight is 391 g/mol. The van der Waals surface area contributed by atoms with Crippen molar-refractivity contribution in [3.05, 3.63) is 63.8 Å². The zero-order chi connectivity index (χ0) is 13.9. The lowest BCUT2D eigenvalue weighted by Crippen LogP contribution is -1.91. The van der Waals surface area contributed by atoms with Crippen LogP contribution in [0.3, 0.4) is 0 Å². The van der Waals surface area contributed by atoms with Crippen molar-refractivity contribution in [2.45, 2.75) is 0 Å². The molecule has 98 valence electrons. The molecule has 0 radical (unpaired) electrons. The first-order valence-corrected chi connectivity index (χ1v) is 7.52. The number of hydrogen-bond donors (Lipinski definition) is 0. The normalized spacial score (nSPS) is 10.5. The Labute approximate surface area is 133 Å². The van der Waals surface area contributed by atoms with Crippen LogP contribution in [0.15, 0.2) is 63.8 Å². The van der Waals surface area contributed by atoms with E-state index in [0.29, 0.717) is 0 Å². The molecule has 5 heteroatoms. The average Bonchev–Trinajstić information content (AvgIpc) is 2.49. The predicted octanol–water partition coefficient (Wildman–Crippen LogP) is 4.73. The Hall–Kier alpha value is -1.59. The Morgan fingerprint density at radius 1 is 0.600 bits per heavy atom. The number of pyridine rings is 3. The van der Waals surface area contributed by atoms with Crippen molar-refractivity contribution in [3.63, 3.8) is 0 Å². The Bertz CT molecular complexity index is 664. The molecular weight excluding hydrogens is 382 g/mol. The lowest BCUT2D eigenvalue weighted by atomic mass is 10.2. The van der Waals surface area contributed by atoms with E-state index >= 15 is 0 Å². The Balaban J connectivity index is 2.01. The number of hydrogen-bond acceptors (Lipinski definition) is 3. The molecule has 0 fully saturated rings. The molecule has 0 spiro atoms. The molecule has 0 saturated carbocycles. The van der Waals surface area contributed by atoms with Crippen LogP contribution in [0.25, 0.3) is 22.8 Å².